The van der Waals surface area contributed by atoms with Gasteiger partial charge in [-0.2, -0.15) is 5.10 Å². The Balaban J connectivity index is 2.12. The number of carbonyl (C=O) groups is 1. The van der Waals surface area contributed by atoms with Crippen molar-refractivity contribution in [3.8, 4) is 0 Å². The van der Waals surface area contributed by atoms with E-state index < -0.39 is 5.54 Å². The van der Waals surface area contributed by atoms with E-state index in [0.29, 0.717) is 6.42 Å². The lowest BCUT2D eigenvalue weighted by Gasteiger charge is -2.28. The van der Waals surface area contributed by atoms with E-state index in [9.17, 15) is 4.79 Å². The summed E-state index contributed by atoms with van der Waals surface area (Å²) in [6, 6.07) is -0.0659. The predicted octanol–water partition coefficient (Wildman–Crippen LogP) is 1.31. The SMILES string of the molecule is CCCC(C)(N)C(=O)NC1CCCn2nc(CC)nc21. The summed E-state index contributed by atoms with van der Waals surface area (Å²) in [5, 5.41) is 7.50. The van der Waals surface area contributed by atoms with Crippen LogP contribution < -0.4 is 11.1 Å². The molecular weight excluding hydrogens is 254 g/mol. The minimum atomic E-state index is -0.815. The molecule has 0 aliphatic carbocycles. The van der Waals surface area contributed by atoms with Gasteiger partial charge in [0.05, 0.1) is 11.6 Å². The number of carbonyl (C=O) groups excluding carboxylic acids is 1. The Morgan fingerprint density at radius 2 is 2.30 bits per heavy atom. The fourth-order valence-electron chi connectivity index (χ4n) is 2.64. The van der Waals surface area contributed by atoms with E-state index in [1.807, 2.05) is 18.5 Å². The smallest absolute Gasteiger partial charge is 0.240 e. The zero-order valence-electron chi connectivity index (χ0n) is 12.6. The predicted molar refractivity (Wildman–Crippen MR) is 77.0 cm³/mol. The van der Waals surface area contributed by atoms with Crippen LogP contribution in [-0.2, 0) is 17.8 Å². The molecule has 112 valence electrons. The Labute approximate surface area is 120 Å². The molecule has 2 atom stereocenters. The summed E-state index contributed by atoms with van der Waals surface area (Å²) >= 11 is 0. The highest BCUT2D eigenvalue weighted by Gasteiger charge is 2.32. The average molecular weight is 279 g/mol. The van der Waals surface area contributed by atoms with E-state index in [1.165, 1.54) is 0 Å². The highest BCUT2D eigenvalue weighted by Crippen LogP contribution is 2.24. The normalized spacial score (nSPS) is 21.1. The number of aryl methyl sites for hydroxylation is 2. The summed E-state index contributed by atoms with van der Waals surface area (Å²) in [5.74, 6) is 1.61. The van der Waals surface area contributed by atoms with Crippen LogP contribution in [0.15, 0.2) is 0 Å². The first-order valence-corrected chi connectivity index (χ1v) is 7.51. The van der Waals surface area contributed by atoms with Crippen molar-refractivity contribution in [2.45, 2.75) is 71.0 Å². The Bertz CT molecular complexity index is 480. The number of nitrogens with two attached hydrogens (primary N) is 1. The summed E-state index contributed by atoms with van der Waals surface area (Å²) in [6.07, 6.45) is 4.28. The first-order valence-electron chi connectivity index (χ1n) is 7.51. The second kappa shape index (κ2) is 5.91. The molecule has 2 unspecified atom stereocenters. The van der Waals surface area contributed by atoms with Gasteiger partial charge in [0.1, 0.15) is 5.82 Å². The van der Waals surface area contributed by atoms with Crippen molar-refractivity contribution in [1.29, 1.82) is 0 Å². The van der Waals surface area contributed by atoms with E-state index in [2.05, 4.69) is 15.4 Å². The van der Waals surface area contributed by atoms with Crippen molar-refractivity contribution in [3.05, 3.63) is 11.6 Å². The van der Waals surface area contributed by atoms with Gasteiger partial charge in [0.15, 0.2) is 5.82 Å². The van der Waals surface area contributed by atoms with Gasteiger partial charge >= 0.3 is 0 Å². The molecule has 2 rings (SSSR count). The van der Waals surface area contributed by atoms with E-state index >= 15 is 0 Å². The molecule has 1 amide bonds. The van der Waals surface area contributed by atoms with Crippen molar-refractivity contribution in [2.24, 2.45) is 5.73 Å². The van der Waals surface area contributed by atoms with E-state index in [-0.39, 0.29) is 11.9 Å². The molecule has 0 bridgehead atoms. The summed E-state index contributed by atoms with van der Waals surface area (Å²) < 4.78 is 1.92. The van der Waals surface area contributed by atoms with Gasteiger partial charge < -0.3 is 11.1 Å². The molecule has 6 nitrogen and oxygen atoms in total. The molecule has 0 spiro atoms. The summed E-state index contributed by atoms with van der Waals surface area (Å²) in [5.41, 5.74) is 5.27. The standard InChI is InChI=1S/C14H25N5O/c1-4-8-14(3,15)13(20)16-10-7-6-9-19-12(10)17-11(5-2)18-19/h10H,4-9,15H2,1-3H3,(H,16,20). The van der Waals surface area contributed by atoms with Crippen LogP contribution in [0.3, 0.4) is 0 Å². The van der Waals surface area contributed by atoms with E-state index in [1.54, 1.807) is 6.92 Å². The minimum absolute atomic E-state index is 0.0659. The number of hydrogen-bond acceptors (Lipinski definition) is 4. The fourth-order valence-corrected chi connectivity index (χ4v) is 2.64. The van der Waals surface area contributed by atoms with Gasteiger partial charge in [-0.05, 0) is 26.2 Å². The first-order chi connectivity index (χ1) is 9.47. The first kappa shape index (κ1) is 15.0. The van der Waals surface area contributed by atoms with Crippen LogP contribution >= 0.6 is 0 Å². The third kappa shape index (κ3) is 3.00. The fraction of sp³-hybridized carbons (Fsp3) is 0.786. The molecule has 0 saturated carbocycles. The van der Waals surface area contributed by atoms with Crippen LogP contribution in [-0.4, -0.2) is 26.2 Å². The highest BCUT2D eigenvalue weighted by atomic mass is 16.2. The van der Waals surface area contributed by atoms with Gasteiger partial charge in [-0.25, -0.2) is 9.67 Å². The van der Waals surface area contributed by atoms with Gasteiger partial charge in [-0.15, -0.1) is 0 Å². The molecule has 3 N–H and O–H groups in total. The third-order valence-corrected chi connectivity index (χ3v) is 3.83. The molecule has 1 aliphatic rings. The molecule has 1 aliphatic heterocycles. The lowest BCUT2D eigenvalue weighted by atomic mass is 9.95. The van der Waals surface area contributed by atoms with Crippen molar-refractivity contribution < 1.29 is 4.79 Å². The van der Waals surface area contributed by atoms with Gasteiger partial charge in [0, 0.05) is 13.0 Å². The van der Waals surface area contributed by atoms with E-state index in [0.717, 1.165) is 43.9 Å². The molecule has 6 heteroatoms. The molecule has 20 heavy (non-hydrogen) atoms. The number of rotatable bonds is 5. The summed E-state index contributed by atoms with van der Waals surface area (Å²) in [6.45, 7) is 6.73. The monoisotopic (exact) mass is 279 g/mol. The van der Waals surface area contributed by atoms with Crippen molar-refractivity contribution >= 4 is 5.91 Å². The lowest BCUT2D eigenvalue weighted by Crippen LogP contribution is -2.52. The number of amides is 1. The Morgan fingerprint density at radius 3 is 2.95 bits per heavy atom. The molecule has 0 fully saturated rings. The van der Waals surface area contributed by atoms with Crippen LogP contribution in [0.5, 0.6) is 0 Å². The molecule has 0 saturated heterocycles. The second-order valence-electron chi connectivity index (χ2n) is 5.80. The minimum Gasteiger partial charge on any atom is -0.344 e. The van der Waals surface area contributed by atoms with Crippen LogP contribution in [0.4, 0.5) is 0 Å². The number of hydrogen-bond donors (Lipinski definition) is 2. The highest BCUT2D eigenvalue weighted by molar-refractivity contribution is 5.85. The van der Waals surface area contributed by atoms with Crippen molar-refractivity contribution in [1.82, 2.24) is 20.1 Å². The van der Waals surface area contributed by atoms with Gasteiger partial charge in [-0.3, -0.25) is 4.79 Å². The molecule has 1 aromatic rings. The maximum atomic E-state index is 12.3. The Kier molecular flexibility index (Phi) is 4.42. The summed E-state index contributed by atoms with van der Waals surface area (Å²) in [7, 11) is 0. The Morgan fingerprint density at radius 1 is 1.55 bits per heavy atom. The number of nitrogens with zero attached hydrogens (tertiary/aromatic N) is 3. The van der Waals surface area contributed by atoms with Gasteiger partial charge in [0.25, 0.3) is 0 Å². The maximum absolute atomic E-state index is 12.3. The van der Waals surface area contributed by atoms with Gasteiger partial charge in [-0.1, -0.05) is 20.3 Å². The van der Waals surface area contributed by atoms with Crippen molar-refractivity contribution in [3.63, 3.8) is 0 Å². The maximum Gasteiger partial charge on any atom is 0.240 e. The molecule has 2 heterocycles. The zero-order valence-corrected chi connectivity index (χ0v) is 12.6. The zero-order chi connectivity index (χ0) is 14.8. The third-order valence-electron chi connectivity index (χ3n) is 3.83. The largest absolute Gasteiger partial charge is 0.344 e. The quantitative estimate of drug-likeness (QED) is 0.851. The summed E-state index contributed by atoms with van der Waals surface area (Å²) in [4.78, 5) is 16.8. The van der Waals surface area contributed by atoms with Crippen LogP contribution in [0.2, 0.25) is 0 Å². The molecule has 0 radical (unpaired) electrons. The molecule has 0 aromatic carbocycles. The molecular formula is C14H25N5O. The molecule has 1 aromatic heterocycles. The number of fused-ring (bicyclic) bond motifs is 1. The van der Waals surface area contributed by atoms with Crippen LogP contribution in [0.25, 0.3) is 0 Å². The van der Waals surface area contributed by atoms with Crippen LogP contribution in [0.1, 0.15) is 64.1 Å². The lowest BCUT2D eigenvalue weighted by molar-refractivity contribution is -0.127. The Hall–Kier alpha value is -1.43. The van der Waals surface area contributed by atoms with Crippen LogP contribution in [0, 0.1) is 0 Å². The number of aromatic nitrogens is 3. The van der Waals surface area contributed by atoms with E-state index in [4.69, 9.17) is 5.73 Å². The van der Waals surface area contributed by atoms with Crippen molar-refractivity contribution in [2.75, 3.05) is 0 Å². The second-order valence-corrected chi connectivity index (χ2v) is 5.80. The topological polar surface area (TPSA) is 85.8 Å². The number of nitrogens with one attached hydrogen (secondary N) is 1. The average Bonchev–Trinajstić information content (AvgIpc) is 2.82. The van der Waals surface area contributed by atoms with Gasteiger partial charge in [0.2, 0.25) is 5.91 Å².